The highest BCUT2D eigenvalue weighted by molar-refractivity contribution is 5.86. The molecule has 1 aromatic carbocycles. The van der Waals surface area contributed by atoms with Crippen molar-refractivity contribution < 1.29 is 14.4 Å². The smallest absolute Gasteiger partial charge is 0.243 e. The second-order valence-electron chi connectivity index (χ2n) is 4.94. The number of hydrogen-bond donors (Lipinski definition) is 2. The molecular weight excluding hydrogens is 256 g/mol. The van der Waals surface area contributed by atoms with Gasteiger partial charge in [-0.15, -0.1) is 0 Å². The molecule has 2 N–H and O–H groups in total. The van der Waals surface area contributed by atoms with Crippen molar-refractivity contribution >= 4 is 18.6 Å². The number of rotatable bonds is 8. The summed E-state index contributed by atoms with van der Waals surface area (Å²) in [5.41, 5.74) is 0.939. The summed E-state index contributed by atoms with van der Waals surface area (Å²) in [6.07, 6.45) is 1.59. The number of hydrogen-bond acceptors (Lipinski definition) is 3. The van der Waals surface area contributed by atoms with E-state index in [-0.39, 0.29) is 11.8 Å². The molecular formula is C15H20N2O3. The van der Waals surface area contributed by atoms with Crippen molar-refractivity contribution in [2.45, 2.75) is 32.4 Å². The molecule has 5 nitrogen and oxygen atoms in total. The first-order valence-electron chi connectivity index (χ1n) is 6.57. The van der Waals surface area contributed by atoms with E-state index in [2.05, 4.69) is 10.6 Å². The summed E-state index contributed by atoms with van der Waals surface area (Å²) >= 11 is 0. The molecule has 2 unspecified atom stereocenters. The van der Waals surface area contributed by atoms with Gasteiger partial charge in [-0.2, -0.15) is 0 Å². The predicted molar refractivity (Wildman–Crippen MR) is 76.0 cm³/mol. The number of aldehydes is 1. The number of carbonyl (C=O) groups is 3. The van der Waals surface area contributed by atoms with Gasteiger partial charge in [0.2, 0.25) is 12.3 Å². The highest BCUT2D eigenvalue weighted by Crippen LogP contribution is 2.05. The van der Waals surface area contributed by atoms with Gasteiger partial charge in [-0.3, -0.25) is 9.59 Å². The summed E-state index contributed by atoms with van der Waals surface area (Å²) in [6, 6.07) is 8.15. The van der Waals surface area contributed by atoms with E-state index in [0.717, 1.165) is 5.56 Å². The summed E-state index contributed by atoms with van der Waals surface area (Å²) in [4.78, 5) is 33.7. The van der Waals surface area contributed by atoms with Crippen LogP contribution in [0.15, 0.2) is 30.3 Å². The third-order valence-corrected chi connectivity index (χ3v) is 3.04. The minimum absolute atomic E-state index is 0.00468. The van der Waals surface area contributed by atoms with Crippen LogP contribution in [-0.4, -0.2) is 30.7 Å². The largest absolute Gasteiger partial charge is 0.347 e. The third-order valence-electron chi connectivity index (χ3n) is 3.04. The van der Waals surface area contributed by atoms with Crippen LogP contribution in [0, 0.1) is 5.92 Å². The van der Waals surface area contributed by atoms with E-state index in [1.165, 1.54) is 0 Å². The van der Waals surface area contributed by atoms with Crippen LogP contribution in [-0.2, 0) is 20.8 Å². The maximum atomic E-state index is 12.1. The van der Waals surface area contributed by atoms with E-state index in [4.69, 9.17) is 0 Å². The molecule has 1 aromatic rings. The average molecular weight is 276 g/mol. The fourth-order valence-corrected chi connectivity index (χ4v) is 1.78. The van der Waals surface area contributed by atoms with E-state index >= 15 is 0 Å². The van der Waals surface area contributed by atoms with Gasteiger partial charge in [-0.1, -0.05) is 44.2 Å². The predicted octanol–water partition coefficient (Wildman–Crippen LogP) is 0.683. The van der Waals surface area contributed by atoms with Gasteiger partial charge >= 0.3 is 0 Å². The molecule has 108 valence electrons. The van der Waals surface area contributed by atoms with Gasteiger partial charge in [0.15, 0.2) is 0 Å². The van der Waals surface area contributed by atoms with Crippen LogP contribution in [0.1, 0.15) is 19.4 Å². The first kappa shape index (κ1) is 15.9. The second kappa shape index (κ2) is 8.09. The molecule has 0 saturated carbocycles. The Morgan fingerprint density at radius 2 is 1.85 bits per heavy atom. The summed E-state index contributed by atoms with van der Waals surface area (Å²) in [6.45, 7) is 3.69. The number of nitrogens with one attached hydrogen (secondary N) is 2. The standard InChI is InChI=1S/C15H20N2O3/c1-11(2)14(9-18)17-15(20)13(16-10-19)8-12-6-4-3-5-7-12/h3-7,9-11,13-14H,8H2,1-2H3,(H,16,19)(H,17,20). The fourth-order valence-electron chi connectivity index (χ4n) is 1.78. The van der Waals surface area contributed by atoms with Gasteiger partial charge in [0, 0.05) is 6.42 Å². The topological polar surface area (TPSA) is 75.3 Å². The van der Waals surface area contributed by atoms with Gasteiger partial charge in [-0.25, -0.2) is 0 Å². The normalized spacial score (nSPS) is 13.3. The highest BCUT2D eigenvalue weighted by atomic mass is 16.2. The zero-order chi connectivity index (χ0) is 15.0. The Labute approximate surface area is 118 Å². The maximum Gasteiger partial charge on any atom is 0.243 e. The molecule has 0 bridgehead atoms. The molecule has 1 rings (SSSR count). The molecule has 5 heteroatoms. The molecule has 0 heterocycles. The van der Waals surface area contributed by atoms with Crippen LogP contribution in [0.5, 0.6) is 0 Å². The molecule has 20 heavy (non-hydrogen) atoms. The van der Waals surface area contributed by atoms with Crippen molar-refractivity contribution in [3.05, 3.63) is 35.9 Å². The minimum atomic E-state index is -0.684. The average Bonchev–Trinajstić information content (AvgIpc) is 2.44. The van der Waals surface area contributed by atoms with Crippen molar-refractivity contribution in [1.29, 1.82) is 0 Å². The van der Waals surface area contributed by atoms with Crippen LogP contribution < -0.4 is 10.6 Å². The van der Waals surface area contributed by atoms with Gasteiger partial charge in [-0.05, 0) is 11.5 Å². The Kier molecular flexibility index (Phi) is 6.43. The Morgan fingerprint density at radius 3 is 2.35 bits per heavy atom. The van der Waals surface area contributed by atoms with Crippen molar-refractivity contribution in [1.82, 2.24) is 10.6 Å². The first-order valence-corrected chi connectivity index (χ1v) is 6.57. The van der Waals surface area contributed by atoms with Crippen molar-refractivity contribution in [2.24, 2.45) is 5.92 Å². The minimum Gasteiger partial charge on any atom is -0.347 e. The Bertz CT molecular complexity index is 446. The lowest BCUT2D eigenvalue weighted by molar-refractivity contribution is -0.127. The van der Waals surface area contributed by atoms with Crippen molar-refractivity contribution in [2.75, 3.05) is 0 Å². The summed E-state index contributed by atoms with van der Waals surface area (Å²) in [5, 5.41) is 5.13. The monoisotopic (exact) mass is 276 g/mol. The van der Waals surface area contributed by atoms with Crippen LogP contribution in [0.4, 0.5) is 0 Å². The number of benzene rings is 1. The second-order valence-corrected chi connectivity index (χ2v) is 4.94. The van der Waals surface area contributed by atoms with E-state index < -0.39 is 12.1 Å². The zero-order valence-corrected chi connectivity index (χ0v) is 11.7. The Morgan fingerprint density at radius 1 is 1.20 bits per heavy atom. The summed E-state index contributed by atoms with van der Waals surface area (Å²) in [7, 11) is 0. The quantitative estimate of drug-likeness (QED) is 0.686. The van der Waals surface area contributed by atoms with Gasteiger partial charge in [0.05, 0.1) is 6.04 Å². The van der Waals surface area contributed by atoms with Crippen LogP contribution in [0.3, 0.4) is 0 Å². The zero-order valence-electron chi connectivity index (χ0n) is 11.7. The molecule has 2 atom stereocenters. The molecule has 0 aliphatic heterocycles. The molecule has 0 spiro atoms. The van der Waals surface area contributed by atoms with Gasteiger partial charge < -0.3 is 15.4 Å². The van der Waals surface area contributed by atoms with Crippen LogP contribution in [0.2, 0.25) is 0 Å². The SMILES string of the molecule is CC(C)C(C=O)NC(=O)C(Cc1ccccc1)NC=O. The molecule has 0 aliphatic rings. The van der Waals surface area contributed by atoms with E-state index in [1.807, 2.05) is 44.2 Å². The van der Waals surface area contributed by atoms with E-state index in [9.17, 15) is 14.4 Å². The molecule has 0 aromatic heterocycles. The number of carbonyl (C=O) groups excluding carboxylic acids is 3. The fraction of sp³-hybridized carbons (Fsp3) is 0.400. The van der Waals surface area contributed by atoms with Crippen molar-refractivity contribution in [3.63, 3.8) is 0 Å². The molecule has 0 radical (unpaired) electrons. The maximum absolute atomic E-state index is 12.1. The molecule has 0 aliphatic carbocycles. The lowest BCUT2D eigenvalue weighted by atomic mass is 10.0. The lowest BCUT2D eigenvalue weighted by Gasteiger charge is -2.21. The van der Waals surface area contributed by atoms with Crippen LogP contribution in [0.25, 0.3) is 0 Å². The summed E-state index contributed by atoms with van der Waals surface area (Å²) < 4.78 is 0. The lowest BCUT2D eigenvalue weighted by Crippen LogP contribution is -2.50. The molecule has 2 amide bonds. The first-order chi connectivity index (χ1) is 9.58. The third kappa shape index (κ3) is 4.84. The number of amides is 2. The molecule has 0 saturated heterocycles. The highest BCUT2D eigenvalue weighted by Gasteiger charge is 2.22. The van der Waals surface area contributed by atoms with Crippen molar-refractivity contribution in [3.8, 4) is 0 Å². The Balaban J connectivity index is 2.72. The van der Waals surface area contributed by atoms with Gasteiger partial charge in [0.1, 0.15) is 12.3 Å². The summed E-state index contributed by atoms with van der Waals surface area (Å²) in [5.74, 6) is -0.350. The Hall–Kier alpha value is -2.17. The van der Waals surface area contributed by atoms with E-state index in [0.29, 0.717) is 19.1 Å². The van der Waals surface area contributed by atoms with Gasteiger partial charge in [0.25, 0.3) is 0 Å². The van der Waals surface area contributed by atoms with E-state index in [1.54, 1.807) is 0 Å². The van der Waals surface area contributed by atoms with Crippen LogP contribution >= 0.6 is 0 Å². The molecule has 0 fully saturated rings.